The lowest BCUT2D eigenvalue weighted by Gasteiger charge is -2.27. The molecule has 0 unspecified atom stereocenters. The van der Waals surface area contributed by atoms with Crippen LogP contribution in [0, 0.1) is 10.1 Å². The van der Waals surface area contributed by atoms with Crippen molar-refractivity contribution >= 4 is 22.6 Å². The molecule has 140 valence electrons. The molecule has 1 N–H and O–H groups in total. The van der Waals surface area contributed by atoms with Gasteiger partial charge in [0.25, 0.3) is 0 Å². The predicted molar refractivity (Wildman–Crippen MR) is 102 cm³/mol. The number of methoxy groups -OCH3 is 1. The molecule has 3 heterocycles. The minimum Gasteiger partial charge on any atom is -0.500 e. The molecule has 1 fully saturated rings. The molecule has 2 aromatic rings. The number of thioether (sulfide) groups is 1. The van der Waals surface area contributed by atoms with Crippen LogP contribution in [0.25, 0.3) is 0 Å². The molecule has 0 saturated carbocycles. The first-order valence-corrected chi connectivity index (χ1v) is 9.35. The number of nitro groups is 1. The fourth-order valence-electron chi connectivity index (χ4n) is 3.56. The summed E-state index contributed by atoms with van der Waals surface area (Å²) in [4.78, 5) is 22.3. The number of ether oxygens (including phenoxy) is 1. The first-order valence-electron chi connectivity index (χ1n) is 8.47. The van der Waals surface area contributed by atoms with E-state index in [9.17, 15) is 15.2 Å². The smallest absolute Gasteiger partial charge is 0.315 e. The van der Waals surface area contributed by atoms with Crippen molar-refractivity contribution in [2.75, 3.05) is 13.7 Å². The Labute approximate surface area is 160 Å². The zero-order chi connectivity index (χ0) is 19.1. The minimum absolute atomic E-state index is 0.0762. The Morgan fingerprint density at radius 1 is 1.41 bits per heavy atom. The summed E-state index contributed by atoms with van der Waals surface area (Å²) < 4.78 is 5.18. The summed E-state index contributed by atoms with van der Waals surface area (Å²) >= 11 is 1.69. The molecule has 4 rings (SSSR count). The summed E-state index contributed by atoms with van der Waals surface area (Å²) in [6, 6.07) is 8.17. The van der Waals surface area contributed by atoms with Crippen molar-refractivity contribution in [3.05, 3.63) is 57.9 Å². The standard InChI is InChI=1S/C18H18N4O4S/c1-10-9-21-16(11-7-13(22(24)25)17(23)14(8-11)26-2)15(20-18(21)27-10)12-5-3-4-6-19-12/h3-8,10,15-16,23H,9H2,1-2H3/t10-,15-,16-/m0/s1. The number of aromatic nitrogens is 1. The highest BCUT2D eigenvalue weighted by Crippen LogP contribution is 2.50. The van der Waals surface area contributed by atoms with Crippen LogP contribution < -0.4 is 4.74 Å². The highest BCUT2D eigenvalue weighted by atomic mass is 32.2. The molecule has 2 aliphatic heterocycles. The normalized spacial score (nSPS) is 23.9. The van der Waals surface area contributed by atoms with Crippen molar-refractivity contribution in [1.29, 1.82) is 0 Å². The SMILES string of the molecule is COc1cc([C@H]2[C@H](c3ccccn3)N=C3S[C@@H](C)CN32)cc([N+](=O)[O-])c1O. The summed E-state index contributed by atoms with van der Waals surface area (Å²) in [6.45, 7) is 2.91. The third kappa shape index (κ3) is 2.97. The van der Waals surface area contributed by atoms with Crippen LogP contribution in [0.4, 0.5) is 5.69 Å². The van der Waals surface area contributed by atoms with E-state index in [0.717, 1.165) is 17.4 Å². The summed E-state index contributed by atoms with van der Waals surface area (Å²) in [5, 5.41) is 22.8. The fraction of sp³-hybridized carbons (Fsp3) is 0.333. The van der Waals surface area contributed by atoms with E-state index in [4.69, 9.17) is 9.73 Å². The number of pyridine rings is 1. The number of aromatic hydroxyl groups is 1. The largest absolute Gasteiger partial charge is 0.500 e. The number of nitro benzene ring substituents is 1. The monoisotopic (exact) mass is 386 g/mol. The molecule has 0 radical (unpaired) electrons. The van der Waals surface area contributed by atoms with Gasteiger partial charge in [0.2, 0.25) is 5.75 Å². The highest BCUT2D eigenvalue weighted by Gasteiger charge is 2.44. The molecule has 1 saturated heterocycles. The lowest BCUT2D eigenvalue weighted by atomic mass is 9.95. The van der Waals surface area contributed by atoms with Crippen molar-refractivity contribution in [2.45, 2.75) is 24.3 Å². The molecular weight excluding hydrogens is 368 g/mol. The second-order valence-corrected chi connectivity index (χ2v) is 7.89. The Kier molecular flexibility index (Phi) is 4.39. The molecule has 8 nitrogen and oxygen atoms in total. The maximum Gasteiger partial charge on any atom is 0.315 e. The van der Waals surface area contributed by atoms with E-state index < -0.39 is 10.7 Å². The molecule has 3 atom stereocenters. The van der Waals surface area contributed by atoms with Crippen molar-refractivity contribution in [2.24, 2.45) is 4.99 Å². The lowest BCUT2D eigenvalue weighted by molar-refractivity contribution is -0.386. The number of hydrogen-bond acceptors (Lipinski definition) is 8. The molecule has 1 aromatic heterocycles. The van der Waals surface area contributed by atoms with Crippen molar-refractivity contribution < 1.29 is 14.8 Å². The number of aliphatic imine (C=N–C) groups is 1. The van der Waals surface area contributed by atoms with Gasteiger partial charge in [0, 0.05) is 24.1 Å². The second kappa shape index (κ2) is 6.73. The van der Waals surface area contributed by atoms with Gasteiger partial charge in [-0.2, -0.15) is 0 Å². The number of hydrogen-bond donors (Lipinski definition) is 1. The number of rotatable bonds is 4. The number of benzene rings is 1. The first-order chi connectivity index (χ1) is 13.0. The zero-order valence-corrected chi connectivity index (χ0v) is 15.6. The molecule has 0 spiro atoms. The van der Waals surface area contributed by atoms with Crippen molar-refractivity contribution in [1.82, 2.24) is 9.88 Å². The van der Waals surface area contributed by atoms with E-state index in [1.165, 1.54) is 13.2 Å². The Balaban J connectivity index is 1.85. The number of amidine groups is 1. The van der Waals surface area contributed by atoms with Crippen LogP contribution >= 0.6 is 11.8 Å². The van der Waals surface area contributed by atoms with E-state index in [0.29, 0.717) is 10.8 Å². The molecular formula is C18H18N4O4S. The molecule has 27 heavy (non-hydrogen) atoms. The molecule has 2 aliphatic rings. The van der Waals surface area contributed by atoms with Crippen LogP contribution in [-0.2, 0) is 0 Å². The minimum atomic E-state index is -0.602. The van der Waals surface area contributed by atoms with Gasteiger partial charge in [-0.1, -0.05) is 24.8 Å². The summed E-state index contributed by atoms with van der Waals surface area (Å²) in [6.07, 6.45) is 1.71. The van der Waals surface area contributed by atoms with Gasteiger partial charge in [-0.25, -0.2) is 0 Å². The van der Waals surface area contributed by atoms with Gasteiger partial charge in [-0.05, 0) is 23.8 Å². The van der Waals surface area contributed by atoms with Gasteiger partial charge in [-0.3, -0.25) is 20.1 Å². The van der Waals surface area contributed by atoms with Crippen molar-refractivity contribution in [3.63, 3.8) is 0 Å². The van der Waals surface area contributed by atoms with E-state index in [2.05, 4.69) is 16.8 Å². The molecule has 0 bridgehead atoms. The maximum absolute atomic E-state index is 11.4. The van der Waals surface area contributed by atoms with Crippen LogP contribution in [0.15, 0.2) is 41.5 Å². The predicted octanol–water partition coefficient (Wildman–Crippen LogP) is 3.29. The topological polar surface area (TPSA) is 101 Å². The first kappa shape index (κ1) is 17.6. The van der Waals surface area contributed by atoms with Crippen LogP contribution in [-0.4, -0.2) is 44.0 Å². The fourth-order valence-corrected chi connectivity index (χ4v) is 4.65. The zero-order valence-electron chi connectivity index (χ0n) is 14.8. The molecule has 0 amide bonds. The lowest BCUT2D eigenvalue weighted by Crippen LogP contribution is -2.28. The number of phenolic OH excluding ortho intramolecular Hbond substituents is 1. The van der Waals surface area contributed by atoms with E-state index >= 15 is 0 Å². The van der Waals surface area contributed by atoms with Gasteiger partial charge in [0.15, 0.2) is 10.9 Å². The van der Waals surface area contributed by atoms with E-state index in [1.54, 1.807) is 24.0 Å². The number of fused-ring (bicyclic) bond motifs is 1. The Bertz CT molecular complexity index is 921. The summed E-state index contributed by atoms with van der Waals surface area (Å²) in [7, 11) is 1.38. The Morgan fingerprint density at radius 2 is 2.22 bits per heavy atom. The van der Waals surface area contributed by atoms with Crippen LogP contribution in [0.1, 0.15) is 30.3 Å². The Hall–Kier alpha value is -2.81. The van der Waals surface area contributed by atoms with Crippen LogP contribution in [0.2, 0.25) is 0 Å². The average molecular weight is 386 g/mol. The number of phenols is 1. The Morgan fingerprint density at radius 3 is 2.89 bits per heavy atom. The number of nitrogens with zero attached hydrogens (tertiary/aromatic N) is 4. The van der Waals surface area contributed by atoms with E-state index in [-0.39, 0.29) is 23.5 Å². The summed E-state index contributed by atoms with van der Waals surface area (Å²) in [5.41, 5.74) is 1.09. The van der Waals surface area contributed by atoms with Gasteiger partial charge in [-0.15, -0.1) is 0 Å². The van der Waals surface area contributed by atoms with Gasteiger partial charge in [0.1, 0.15) is 6.04 Å². The van der Waals surface area contributed by atoms with E-state index in [1.807, 2.05) is 18.2 Å². The molecule has 0 aliphatic carbocycles. The quantitative estimate of drug-likeness (QED) is 0.635. The van der Waals surface area contributed by atoms with Crippen molar-refractivity contribution in [3.8, 4) is 11.5 Å². The highest BCUT2D eigenvalue weighted by molar-refractivity contribution is 8.14. The van der Waals surface area contributed by atoms with Gasteiger partial charge in [0.05, 0.1) is 23.8 Å². The molecule has 1 aromatic carbocycles. The van der Waals surface area contributed by atoms with Gasteiger partial charge < -0.3 is 14.7 Å². The third-order valence-electron chi connectivity index (χ3n) is 4.72. The molecule has 9 heteroatoms. The maximum atomic E-state index is 11.4. The van der Waals surface area contributed by atoms with Crippen LogP contribution in [0.5, 0.6) is 11.5 Å². The van der Waals surface area contributed by atoms with Crippen LogP contribution in [0.3, 0.4) is 0 Å². The average Bonchev–Trinajstić information content (AvgIpc) is 3.18. The third-order valence-corrected chi connectivity index (χ3v) is 5.82. The van der Waals surface area contributed by atoms with Gasteiger partial charge >= 0.3 is 5.69 Å². The second-order valence-electron chi connectivity index (χ2n) is 6.48. The summed E-state index contributed by atoms with van der Waals surface area (Å²) in [5.74, 6) is -0.392.